The smallest absolute Gasteiger partial charge is 0.261 e. The number of H-pyrrole nitrogens is 1. The lowest BCUT2D eigenvalue weighted by atomic mass is 10.1. The summed E-state index contributed by atoms with van der Waals surface area (Å²) in [5.74, 6) is 0.497. The maximum Gasteiger partial charge on any atom is 0.261 e. The molecule has 0 amide bonds. The van der Waals surface area contributed by atoms with E-state index < -0.39 is 9.84 Å². The van der Waals surface area contributed by atoms with Crippen LogP contribution in [0.5, 0.6) is 5.75 Å². The van der Waals surface area contributed by atoms with Gasteiger partial charge in [-0.25, -0.2) is 13.4 Å². The van der Waals surface area contributed by atoms with Crippen molar-refractivity contribution in [2.75, 3.05) is 18.6 Å². The van der Waals surface area contributed by atoms with E-state index in [9.17, 15) is 13.2 Å². The zero-order valence-corrected chi connectivity index (χ0v) is 18.0. The molecule has 31 heavy (non-hydrogen) atoms. The number of hydrogen-bond donors (Lipinski definition) is 1. The predicted octanol–water partition coefficient (Wildman–Crippen LogP) is 2.82. The van der Waals surface area contributed by atoms with Gasteiger partial charge in [-0.15, -0.1) is 0 Å². The lowest BCUT2D eigenvalue weighted by molar-refractivity contribution is 0.340. The Bertz CT molecular complexity index is 1380. The molecule has 0 bridgehead atoms. The summed E-state index contributed by atoms with van der Waals surface area (Å²) in [5, 5.41) is 7.26. The molecule has 0 saturated carbocycles. The van der Waals surface area contributed by atoms with E-state index in [4.69, 9.17) is 4.74 Å². The Hall–Kier alpha value is -3.46. The highest BCUT2D eigenvalue weighted by Crippen LogP contribution is 2.24. The first-order valence-electron chi connectivity index (χ1n) is 9.72. The van der Waals surface area contributed by atoms with Crippen LogP contribution >= 0.6 is 0 Å². The molecule has 8 nitrogen and oxygen atoms in total. The maximum absolute atomic E-state index is 13.2. The van der Waals surface area contributed by atoms with Crippen molar-refractivity contribution in [3.63, 3.8) is 0 Å². The highest BCUT2D eigenvalue weighted by Gasteiger charge is 2.14. The van der Waals surface area contributed by atoms with E-state index in [0.717, 1.165) is 16.7 Å². The molecule has 2 heterocycles. The molecule has 1 atom stereocenters. The molecule has 2 aromatic carbocycles. The van der Waals surface area contributed by atoms with E-state index in [0.29, 0.717) is 16.7 Å². The SMILES string of the molecule is CC(c1cccc(OCCS(C)(=O)=O)c1)n1cnc2ccc(-c3cn[nH]c3)cc2c1=O. The third-order valence-corrected chi connectivity index (χ3v) is 6.00. The van der Waals surface area contributed by atoms with E-state index in [1.165, 1.54) is 6.26 Å². The molecule has 1 unspecified atom stereocenters. The molecule has 0 spiro atoms. The van der Waals surface area contributed by atoms with Crippen LogP contribution in [-0.4, -0.2) is 46.8 Å². The first-order chi connectivity index (χ1) is 14.8. The molecule has 9 heteroatoms. The van der Waals surface area contributed by atoms with Crippen molar-refractivity contribution >= 4 is 20.7 Å². The van der Waals surface area contributed by atoms with Gasteiger partial charge in [-0.05, 0) is 42.3 Å². The van der Waals surface area contributed by atoms with Gasteiger partial charge in [-0.2, -0.15) is 5.10 Å². The van der Waals surface area contributed by atoms with Gasteiger partial charge in [0, 0.05) is 18.0 Å². The van der Waals surface area contributed by atoms with Crippen LogP contribution in [0.2, 0.25) is 0 Å². The monoisotopic (exact) mass is 438 g/mol. The second kappa shape index (κ2) is 8.35. The van der Waals surface area contributed by atoms with Crippen molar-refractivity contribution < 1.29 is 13.2 Å². The summed E-state index contributed by atoms with van der Waals surface area (Å²) in [6.07, 6.45) is 6.19. The maximum atomic E-state index is 13.2. The van der Waals surface area contributed by atoms with Crippen LogP contribution in [0, 0.1) is 0 Å². The Balaban J connectivity index is 1.64. The van der Waals surface area contributed by atoms with E-state index in [-0.39, 0.29) is 24.0 Å². The zero-order valence-electron chi connectivity index (χ0n) is 17.1. The Kier molecular flexibility index (Phi) is 5.60. The summed E-state index contributed by atoms with van der Waals surface area (Å²) in [7, 11) is -3.09. The molecule has 0 aliphatic heterocycles. The van der Waals surface area contributed by atoms with Crippen molar-refractivity contribution in [3.8, 4) is 16.9 Å². The largest absolute Gasteiger partial charge is 0.493 e. The summed E-state index contributed by atoms with van der Waals surface area (Å²) < 4.78 is 29.7. The van der Waals surface area contributed by atoms with Gasteiger partial charge in [0.05, 0.1) is 35.2 Å². The molecule has 0 aliphatic carbocycles. The number of fused-ring (bicyclic) bond motifs is 1. The summed E-state index contributed by atoms with van der Waals surface area (Å²) >= 11 is 0. The normalized spacial score (nSPS) is 12.7. The Morgan fingerprint density at radius 1 is 1.16 bits per heavy atom. The van der Waals surface area contributed by atoms with Crippen LogP contribution in [0.15, 0.2) is 66.0 Å². The number of sulfone groups is 1. The van der Waals surface area contributed by atoms with Crippen molar-refractivity contribution in [1.29, 1.82) is 0 Å². The first-order valence-corrected chi connectivity index (χ1v) is 11.8. The minimum absolute atomic E-state index is 0.0557. The van der Waals surface area contributed by atoms with Gasteiger partial charge in [0.15, 0.2) is 9.84 Å². The van der Waals surface area contributed by atoms with Crippen molar-refractivity contribution in [2.24, 2.45) is 0 Å². The van der Waals surface area contributed by atoms with E-state index in [1.807, 2.05) is 43.3 Å². The molecular formula is C22H22N4O4S. The minimum atomic E-state index is -3.09. The van der Waals surface area contributed by atoms with Crippen LogP contribution < -0.4 is 10.3 Å². The number of rotatable bonds is 7. The average Bonchev–Trinajstić information content (AvgIpc) is 3.28. The molecule has 0 fully saturated rings. The molecule has 160 valence electrons. The fourth-order valence-electron chi connectivity index (χ4n) is 3.34. The Morgan fingerprint density at radius 2 is 2.00 bits per heavy atom. The Labute approximate surface area is 179 Å². The number of aromatic amines is 1. The van der Waals surface area contributed by atoms with Gasteiger partial charge in [0.1, 0.15) is 12.4 Å². The number of nitrogens with one attached hydrogen (secondary N) is 1. The van der Waals surface area contributed by atoms with Crippen LogP contribution in [-0.2, 0) is 9.84 Å². The van der Waals surface area contributed by atoms with Crippen LogP contribution in [0.1, 0.15) is 18.5 Å². The molecule has 2 aromatic heterocycles. The second-order valence-electron chi connectivity index (χ2n) is 7.40. The molecule has 1 N–H and O–H groups in total. The van der Waals surface area contributed by atoms with Crippen LogP contribution in [0.3, 0.4) is 0 Å². The fraction of sp³-hybridized carbons (Fsp3) is 0.227. The van der Waals surface area contributed by atoms with E-state index in [1.54, 1.807) is 29.4 Å². The predicted molar refractivity (Wildman–Crippen MR) is 119 cm³/mol. The van der Waals surface area contributed by atoms with Gasteiger partial charge in [-0.3, -0.25) is 14.5 Å². The number of hydrogen-bond acceptors (Lipinski definition) is 6. The number of nitrogens with zero attached hydrogens (tertiary/aromatic N) is 3. The third-order valence-electron chi connectivity index (χ3n) is 5.09. The molecular weight excluding hydrogens is 416 g/mol. The topological polar surface area (TPSA) is 107 Å². The van der Waals surface area contributed by atoms with Gasteiger partial charge < -0.3 is 4.74 Å². The lowest BCUT2D eigenvalue weighted by Gasteiger charge is -2.17. The molecule has 4 aromatic rings. The molecule has 4 rings (SSSR count). The lowest BCUT2D eigenvalue weighted by Crippen LogP contribution is -2.24. The van der Waals surface area contributed by atoms with Gasteiger partial charge in [0.2, 0.25) is 0 Å². The van der Waals surface area contributed by atoms with Gasteiger partial charge in [0.25, 0.3) is 5.56 Å². The van der Waals surface area contributed by atoms with Crippen molar-refractivity contribution in [1.82, 2.24) is 19.7 Å². The minimum Gasteiger partial charge on any atom is -0.493 e. The van der Waals surface area contributed by atoms with Crippen LogP contribution in [0.4, 0.5) is 0 Å². The van der Waals surface area contributed by atoms with E-state index >= 15 is 0 Å². The van der Waals surface area contributed by atoms with E-state index in [2.05, 4.69) is 15.2 Å². The van der Waals surface area contributed by atoms with Gasteiger partial charge in [-0.1, -0.05) is 18.2 Å². The second-order valence-corrected chi connectivity index (χ2v) is 9.66. The highest BCUT2D eigenvalue weighted by atomic mass is 32.2. The van der Waals surface area contributed by atoms with Crippen molar-refractivity contribution in [2.45, 2.75) is 13.0 Å². The number of benzene rings is 2. The molecule has 0 saturated heterocycles. The summed E-state index contributed by atoms with van der Waals surface area (Å²) in [5.41, 5.74) is 3.10. The van der Waals surface area contributed by atoms with Crippen LogP contribution in [0.25, 0.3) is 22.0 Å². The fourth-order valence-corrected chi connectivity index (χ4v) is 3.72. The molecule has 0 radical (unpaired) electrons. The summed E-state index contributed by atoms with van der Waals surface area (Å²) in [4.78, 5) is 17.7. The summed E-state index contributed by atoms with van der Waals surface area (Å²) in [6, 6.07) is 12.5. The summed E-state index contributed by atoms with van der Waals surface area (Å²) in [6.45, 7) is 1.98. The average molecular weight is 439 g/mol. The number of ether oxygens (including phenoxy) is 1. The Morgan fingerprint density at radius 3 is 2.74 bits per heavy atom. The third kappa shape index (κ3) is 4.66. The molecule has 0 aliphatic rings. The first kappa shape index (κ1) is 20.8. The highest BCUT2D eigenvalue weighted by molar-refractivity contribution is 7.90. The number of aromatic nitrogens is 4. The van der Waals surface area contributed by atoms with Gasteiger partial charge >= 0.3 is 0 Å². The quantitative estimate of drug-likeness (QED) is 0.475. The van der Waals surface area contributed by atoms with Crippen molar-refractivity contribution in [3.05, 3.63) is 77.1 Å². The zero-order chi connectivity index (χ0) is 22.0. The standard InChI is InChI=1S/C22H22N4O4S/c1-15(16-4-3-5-19(10-16)30-8-9-31(2,28)29)26-14-23-21-7-6-17(11-20(21)22(26)27)18-12-24-25-13-18/h3-7,10-15H,8-9H2,1-2H3,(H,24,25).